The standard InChI is InChI=1S/C31H33Cl4FN2O/c1-31(2,3)37-10-8-18(9-11-37)12-19-13-24(22-5-4-21(36)17-25(22)33)23-6-7-29(39)38(28(23)14-19)30-26(34)15-20(32)16-27(30)35/h4,6-7,13-18,22,26,30H,5,8-12H2,1-3H3. The highest BCUT2D eigenvalue weighted by Crippen LogP contribution is 2.42. The fraction of sp³-hybridized carbons (Fsp3) is 0.452. The summed E-state index contributed by atoms with van der Waals surface area (Å²) in [5.74, 6) is -0.0130. The molecule has 1 saturated heterocycles. The number of allylic oxidation sites excluding steroid dienone is 8. The average Bonchev–Trinajstić information content (AvgIpc) is 2.84. The highest BCUT2D eigenvalue weighted by atomic mass is 35.5. The van der Waals surface area contributed by atoms with Crippen molar-refractivity contribution in [2.75, 3.05) is 13.1 Å². The van der Waals surface area contributed by atoms with Gasteiger partial charge in [0.05, 0.1) is 16.9 Å². The van der Waals surface area contributed by atoms with Gasteiger partial charge < -0.3 is 0 Å². The predicted octanol–water partition coefficient (Wildman–Crippen LogP) is 8.93. The fourth-order valence-corrected chi connectivity index (χ4v) is 7.61. The van der Waals surface area contributed by atoms with Crippen LogP contribution in [0.1, 0.15) is 63.1 Å². The summed E-state index contributed by atoms with van der Waals surface area (Å²) < 4.78 is 15.7. The van der Waals surface area contributed by atoms with Crippen LogP contribution in [0.4, 0.5) is 4.39 Å². The van der Waals surface area contributed by atoms with Crippen molar-refractivity contribution in [3.63, 3.8) is 0 Å². The number of benzene rings is 1. The number of alkyl halides is 1. The Morgan fingerprint density at radius 1 is 1.03 bits per heavy atom. The topological polar surface area (TPSA) is 25.2 Å². The summed E-state index contributed by atoms with van der Waals surface area (Å²) in [5, 5.41) is 1.58. The largest absolute Gasteiger partial charge is 0.298 e. The van der Waals surface area contributed by atoms with Gasteiger partial charge in [-0.1, -0.05) is 40.9 Å². The van der Waals surface area contributed by atoms with Crippen LogP contribution in [0.2, 0.25) is 0 Å². The number of fused-ring (bicyclic) bond motifs is 1. The molecule has 2 aliphatic carbocycles. The molecule has 2 aromatic rings. The first kappa shape index (κ1) is 29.0. The molecule has 1 aliphatic heterocycles. The van der Waals surface area contributed by atoms with Crippen LogP contribution in [0.25, 0.3) is 10.9 Å². The number of aromatic nitrogens is 1. The third-order valence-electron chi connectivity index (χ3n) is 8.22. The Labute approximate surface area is 249 Å². The Kier molecular flexibility index (Phi) is 8.44. The van der Waals surface area contributed by atoms with Gasteiger partial charge in [0.1, 0.15) is 5.83 Å². The van der Waals surface area contributed by atoms with Crippen molar-refractivity contribution in [1.82, 2.24) is 9.47 Å². The molecule has 0 spiro atoms. The van der Waals surface area contributed by atoms with Crippen LogP contribution in [0.3, 0.4) is 0 Å². The van der Waals surface area contributed by atoms with E-state index in [4.69, 9.17) is 46.4 Å². The molecular weight excluding hydrogens is 577 g/mol. The first-order chi connectivity index (χ1) is 18.4. The van der Waals surface area contributed by atoms with Crippen molar-refractivity contribution in [2.24, 2.45) is 5.92 Å². The van der Waals surface area contributed by atoms with E-state index in [1.807, 2.05) is 6.07 Å². The average molecular weight is 610 g/mol. The number of piperidine rings is 1. The van der Waals surface area contributed by atoms with Crippen molar-refractivity contribution in [2.45, 2.75) is 69.3 Å². The zero-order valence-electron chi connectivity index (χ0n) is 22.4. The van der Waals surface area contributed by atoms with E-state index in [9.17, 15) is 9.18 Å². The summed E-state index contributed by atoms with van der Waals surface area (Å²) in [7, 11) is 0. The first-order valence-corrected chi connectivity index (χ1v) is 15.0. The maximum atomic E-state index is 14.0. The summed E-state index contributed by atoms with van der Waals surface area (Å²) in [5.41, 5.74) is 2.81. The van der Waals surface area contributed by atoms with Crippen molar-refractivity contribution in [3.05, 3.63) is 91.0 Å². The molecular formula is C31H33Cl4FN2O. The van der Waals surface area contributed by atoms with Gasteiger partial charge in [-0.3, -0.25) is 14.3 Å². The lowest BCUT2D eigenvalue weighted by atomic mass is 9.84. The van der Waals surface area contributed by atoms with Gasteiger partial charge in [-0.25, -0.2) is 4.39 Å². The number of halogens is 5. The molecule has 1 aromatic carbocycles. The summed E-state index contributed by atoms with van der Waals surface area (Å²) in [6.45, 7) is 8.91. The summed E-state index contributed by atoms with van der Waals surface area (Å²) in [6, 6.07) is 7.07. The Balaban J connectivity index is 1.61. The van der Waals surface area contributed by atoms with Gasteiger partial charge in [0, 0.05) is 38.0 Å². The Morgan fingerprint density at radius 3 is 2.38 bits per heavy atom. The molecule has 8 heteroatoms. The highest BCUT2D eigenvalue weighted by Gasteiger charge is 2.31. The van der Waals surface area contributed by atoms with Crippen LogP contribution in [0, 0.1) is 5.92 Å². The number of nitrogens with zero attached hydrogens (tertiary/aromatic N) is 2. The zero-order valence-corrected chi connectivity index (χ0v) is 25.4. The maximum absolute atomic E-state index is 14.0. The minimum atomic E-state index is -0.597. The molecule has 1 fully saturated rings. The van der Waals surface area contributed by atoms with Gasteiger partial charge in [-0.2, -0.15) is 0 Å². The number of hydrogen-bond donors (Lipinski definition) is 0. The summed E-state index contributed by atoms with van der Waals surface area (Å²) in [4.78, 5) is 15.9. The quantitative estimate of drug-likeness (QED) is 0.323. The molecule has 0 amide bonds. The fourth-order valence-electron chi connectivity index (χ4n) is 6.13. The van der Waals surface area contributed by atoms with E-state index in [1.165, 1.54) is 12.1 Å². The first-order valence-electron chi connectivity index (χ1n) is 13.5. The monoisotopic (exact) mass is 608 g/mol. The van der Waals surface area contributed by atoms with Crippen LogP contribution in [-0.4, -0.2) is 33.5 Å². The third-order valence-corrected chi connectivity index (χ3v) is 9.52. The van der Waals surface area contributed by atoms with E-state index in [0.29, 0.717) is 27.4 Å². The highest BCUT2D eigenvalue weighted by molar-refractivity contribution is 6.37. The Morgan fingerprint density at radius 2 is 1.74 bits per heavy atom. The molecule has 208 valence electrons. The number of pyridine rings is 1. The van der Waals surface area contributed by atoms with Gasteiger partial charge in [0.2, 0.25) is 0 Å². The molecule has 39 heavy (non-hydrogen) atoms. The molecule has 2 heterocycles. The van der Waals surface area contributed by atoms with Crippen molar-refractivity contribution < 1.29 is 4.39 Å². The number of rotatable bonds is 4. The molecule has 5 rings (SSSR count). The summed E-state index contributed by atoms with van der Waals surface area (Å²) in [6.07, 6.45) is 9.83. The van der Waals surface area contributed by atoms with Crippen LogP contribution in [0.15, 0.2) is 74.3 Å². The molecule has 0 bridgehead atoms. The lowest BCUT2D eigenvalue weighted by molar-refractivity contribution is 0.0876. The van der Waals surface area contributed by atoms with Crippen LogP contribution in [0.5, 0.6) is 0 Å². The molecule has 3 unspecified atom stereocenters. The van der Waals surface area contributed by atoms with Crippen LogP contribution < -0.4 is 5.56 Å². The van der Waals surface area contributed by atoms with Gasteiger partial charge in [-0.15, -0.1) is 11.6 Å². The second kappa shape index (κ2) is 11.4. The minimum Gasteiger partial charge on any atom is -0.298 e. The summed E-state index contributed by atoms with van der Waals surface area (Å²) >= 11 is 26.2. The van der Waals surface area contributed by atoms with E-state index in [0.717, 1.165) is 54.4 Å². The second-order valence-electron chi connectivity index (χ2n) is 11.8. The molecule has 1 aromatic heterocycles. The van der Waals surface area contributed by atoms with Gasteiger partial charge >= 0.3 is 0 Å². The van der Waals surface area contributed by atoms with E-state index in [2.05, 4.69) is 37.8 Å². The SMILES string of the molecule is CC(C)(C)N1CCC(Cc2cc(C3CC=C(F)C=C3Cl)c3ccc(=O)n(C4C(Cl)=CC(Cl)=CC4Cl)c3c2)CC1. The molecule has 3 nitrogen and oxygen atoms in total. The lowest BCUT2D eigenvalue weighted by Gasteiger charge is -2.41. The second-order valence-corrected chi connectivity index (χ2v) is 13.7. The molecule has 0 saturated carbocycles. The zero-order chi connectivity index (χ0) is 28.1. The van der Waals surface area contributed by atoms with Crippen molar-refractivity contribution in [1.29, 1.82) is 0 Å². The molecule has 0 N–H and O–H groups in total. The smallest absolute Gasteiger partial charge is 0.251 e. The number of likely N-dealkylation sites (tertiary alicyclic amines) is 1. The predicted molar refractivity (Wildman–Crippen MR) is 163 cm³/mol. The maximum Gasteiger partial charge on any atom is 0.251 e. The van der Waals surface area contributed by atoms with Gasteiger partial charge in [0.25, 0.3) is 5.56 Å². The van der Waals surface area contributed by atoms with E-state index in [1.54, 1.807) is 22.8 Å². The lowest BCUT2D eigenvalue weighted by Crippen LogP contribution is -2.46. The van der Waals surface area contributed by atoms with E-state index in [-0.39, 0.29) is 22.8 Å². The number of hydrogen-bond acceptors (Lipinski definition) is 2. The van der Waals surface area contributed by atoms with Crippen molar-refractivity contribution in [3.8, 4) is 0 Å². The van der Waals surface area contributed by atoms with Crippen LogP contribution in [-0.2, 0) is 6.42 Å². The molecule has 3 atom stereocenters. The van der Waals surface area contributed by atoms with Gasteiger partial charge in [-0.05, 0) is 113 Å². The Hall–Kier alpha value is -1.56. The molecule has 0 radical (unpaired) electrons. The van der Waals surface area contributed by atoms with Crippen LogP contribution >= 0.6 is 46.4 Å². The third kappa shape index (κ3) is 6.06. The Bertz CT molecular complexity index is 1460. The van der Waals surface area contributed by atoms with Crippen molar-refractivity contribution >= 4 is 57.3 Å². The molecule has 3 aliphatic rings. The minimum absolute atomic E-state index is 0.159. The van der Waals surface area contributed by atoms with E-state index >= 15 is 0 Å². The van der Waals surface area contributed by atoms with E-state index < -0.39 is 11.4 Å². The van der Waals surface area contributed by atoms with Gasteiger partial charge in [0.15, 0.2) is 0 Å². The normalized spacial score (nSPS) is 25.3.